The van der Waals surface area contributed by atoms with Crippen molar-refractivity contribution in [2.75, 3.05) is 7.11 Å². The third-order valence-electron chi connectivity index (χ3n) is 8.70. The minimum atomic E-state index is -0.543. The summed E-state index contributed by atoms with van der Waals surface area (Å²) >= 11 is 0. The van der Waals surface area contributed by atoms with E-state index in [1.54, 1.807) is 7.11 Å². The van der Waals surface area contributed by atoms with Crippen molar-refractivity contribution in [2.24, 2.45) is 16.7 Å². The van der Waals surface area contributed by atoms with Crippen LogP contribution >= 0.6 is 0 Å². The number of benzene rings is 1. The molecule has 0 heterocycles. The first-order valence-corrected chi connectivity index (χ1v) is 9.51. The Labute approximate surface area is 144 Å². The lowest BCUT2D eigenvalue weighted by molar-refractivity contribution is -0.139. The monoisotopic (exact) mass is 328 g/mol. The topological polar surface area (TPSA) is 49.7 Å². The molecule has 4 aliphatic carbocycles. The van der Waals surface area contributed by atoms with Crippen LogP contribution in [0, 0.1) is 16.7 Å². The maximum atomic E-state index is 11.2. The van der Waals surface area contributed by atoms with Gasteiger partial charge in [0, 0.05) is 11.3 Å². The van der Waals surface area contributed by atoms with Crippen molar-refractivity contribution in [3.63, 3.8) is 0 Å². The molecular formula is C21H28O3. The summed E-state index contributed by atoms with van der Waals surface area (Å²) in [6.07, 6.45) is 6.73. The summed E-state index contributed by atoms with van der Waals surface area (Å²) in [4.78, 5) is 0. The fourth-order valence-electron chi connectivity index (χ4n) is 7.45. The molecule has 1 aromatic rings. The average Bonchev–Trinajstić information content (AvgIpc) is 2.95. The molecule has 4 atom stereocenters. The maximum absolute atomic E-state index is 11.2. The van der Waals surface area contributed by atoms with Gasteiger partial charge in [-0.05, 0) is 79.5 Å². The summed E-state index contributed by atoms with van der Waals surface area (Å²) in [5.41, 5.74) is 2.26. The van der Waals surface area contributed by atoms with Crippen molar-refractivity contribution in [2.45, 2.75) is 69.5 Å². The molecule has 3 heteroatoms. The molecule has 2 N–H and O–H groups in total. The fraction of sp³-hybridized carbons (Fsp3) is 0.714. The van der Waals surface area contributed by atoms with E-state index in [4.69, 9.17) is 4.74 Å². The number of aliphatic hydroxyl groups excluding tert-OH is 1. The molecule has 24 heavy (non-hydrogen) atoms. The van der Waals surface area contributed by atoms with E-state index < -0.39 is 5.60 Å². The molecule has 0 aliphatic heterocycles. The SMILES string of the molecule is COc1ccc2c(c1)CC[C@@H]1[C@@H]2[C@@H](O)C[C@]2(C)C3(O)CCC12CC3. The van der Waals surface area contributed by atoms with E-state index in [2.05, 4.69) is 19.1 Å². The van der Waals surface area contributed by atoms with Gasteiger partial charge in [0.25, 0.3) is 0 Å². The van der Waals surface area contributed by atoms with E-state index in [1.807, 2.05) is 6.07 Å². The highest BCUT2D eigenvalue weighted by atomic mass is 16.5. The lowest BCUT2D eigenvalue weighted by atomic mass is 9.47. The van der Waals surface area contributed by atoms with Crippen LogP contribution in [0.25, 0.3) is 0 Å². The zero-order valence-corrected chi connectivity index (χ0v) is 14.7. The predicted molar refractivity (Wildman–Crippen MR) is 92.1 cm³/mol. The largest absolute Gasteiger partial charge is 0.497 e. The standard InChI is InChI=1S/C21H28O3/c1-19-12-17(22)18-15-5-4-14(24-2)11-13(15)3-6-16(18)20(19)7-9-21(19,23)10-8-20/h4-5,11,16-18,22-23H,3,6-10,12H2,1-2H3/t16-,17+,18-,19+,20?,21?/m1/s1. The Kier molecular flexibility index (Phi) is 2.89. The highest BCUT2D eigenvalue weighted by molar-refractivity contribution is 5.43. The Balaban J connectivity index is 1.63. The number of aliphatic hydroxyl groups is 2. The Morgan fingerprint density at radius 3 is 2.62 bits per heavy atom. The average molecular weight is 328 g/mol. The van der Waals surface area contributed by atoms with Crippen molar-refractivity contribution >= 4 is 0 Å². The molecule has 0 amide bonds. The van der Waals surface area contributed by atoms with E-state index in [0.29, 0.717) is 5.92 Å². The summed E-state index contributed by atoms with van der Waals surface area (Å²) in [7, 11) is 1.71. The summed E-state index contributed by atoms with van der Waals surface area (Å²) in [5.74, 6) is 1.65. The molecule has 3 fully saturated rings. The molecule has 0 unspecified atom stereocenters. The smallest absolute Gasteiger partial charge is 0.119 e. The Morgan fingerprint density at radius 2 is 1.92 bits per heavy atom. The van der Waals surface area contributed by atoms with Gasteiger partial charge in [0.1, 0.15) is 5.75 Å². The van der Waals surface area contributed by atoms with Gasteiger partial charge in [0.15, 0.2) is 0 Å². The van der Waals surface area contributed by atoms with Gasteiger partial charge in [-0.1, -0.05) is 13.0 Å². The second-order valence-electron chi connectivity index (χ2n) is 9.03. The van der Waals surface area contributed by atoms with Gasteiger partial charge in [-0.25, -0.2) is 0 Å². The third kappa shape index (κ3) is 1.52. The minimum absolute atomic E-state index is 0.107. The molecule has 2 bridgehead atoms. The minimum Gasteiger partial charge on any atom is -0.497 e. The number of fused-ring (bicyclic) bond motifs is 3. The van der Waals surface area contributed by atoms with Crippen molar-refractivity contribution in [1.29, 1.82) is 0 Å². The van der Waals surface area contributed by atoms with Crippen LogP contribution in [0.1, 0.15) is 62.5 Å². The van der Waals surface area contributed by atoms with Crippen LogP contribution in [0.5, 0.6) is 5.75 Å². The number of hydrogen-bond acceptors (Lipinski definition) is 3. The Bertz CT molecular complexity index is 688. The second kappa shape index (κ2) is 4.56. The van der Waals surface area contributed by atoms with E-state index in [1.165, 1.54) is 11.1 Å². The lowest BCUT2D eigenvalue weighted by Crippen LogP contribution is -2.56. The number of rotatable bonds is 1. The van der Waals surface area contributed by atoms with Gasteiger partial charge in [-0.3, -0.25) is 0 Å². The van der Waals surface area contributed by atoms with Crippen LogP contribution in [0.4, 0.5) is 0 Å². The summed E-state index contributed by atoms with van der Waals surface area (Å²) in [5, 5.41) is 22.4. The van der Waals surface area contributed by atoms with Gasteiger partial charge in [0.2, 0.25) is 0 Å². The van der Waals surface area contributed by atoms with E-state index in [9.17, 15) is 10.2 Å². The van der Waals surface area contributed by atoms with Crippen LogP contribution in [-0.4, -0.2) is 29.0 Å². The molecule has 0 aromatic heterocycles. The molecule has 3 nitrogen and oxygen atoms in total. The molecule has 0 radical (unpaired) electrons. The van der Waals surface area contributed by atoms with Crippen molar-refractivity contribution < 1.29 is 14.9 Å². The zero-order valence-electron chi connectivity index (χ0n) is 14.7. The molecular weight excluding hydrogens is 300 g/mol. The van der Waals surface area contributed by atoms with Gasteiger partial charge in [0.05, 0.1) is 18.8 Å². The Hall–Kier alpha value is -1.06. The van der Waals surface area contributed by atoms with Crippen molar-refractivity contribution in [3.8, 4) is 5.75 Å². The fourth-order valence-corrected chi connectivity index (χ4v) is 7.45. The summed E-state index contributed by atoms with van der Waals surface area (Å²) in [6.45, 7) is 2.27. The molecule has 1 aromatic carbocycles. The zero-order chi connectivity index (χ0) is 16.7. The first-order chi connectivity index (χ1) is 11.4. The van der Waals surface area contributed by atoms with E-state index in [0.717, 1.165) is 50.7 Å². The number of methoxy groups -OCH3 is 1. The summed E-state index contributed by atoms with van der Waals surface area (Å²) in [6, 6.07) is 6.38. The van der Waals surface area contributed by atoms with Gasteiger partial charge < -0.3 is 14.9 Å². The molecule has 130 valence electrons. The first-order valence-electron chi connectivity index (χ1n) is 9.51. The van der Waals surface area contributed by atoms with Crippen LogP contribution in [0.3, 0.4) is 0 Å². The summed E-state index contributed by atoms with van der Waals surface area (Å²) < 4.78 is 5.39. The maximum Gasteiger partial charge on any atom is 0.119 e. The molecule has 0 spiro atoms. The van der Waals surface area contributed by atoms with Crippen molar-refractivity contribution in [1.82, 2.24) is 0 Å². The van der Waals surface area contributed by atoms with Crippen LogP contribution in [0.2, 0.25) is 0 Å². The van der Waals surface area contributed by atoms with Crippen LogP contribution in [0.15, 0.2) is 18.2 Å². The highest BCUT2D eigenvalue weighted by Gasteiger charge is 2.74. The van der Waals surface area contributed by atoms with Gasteiger partial charge in [-0.15, -0.1) is 0 Å². The highest BCUT2D eigenvalue weighted by Crippen LogP contribution is 2.77. The predicted octanol–water partition coefficient (Wildman–Crippen LogP) is 3.42. The van der Waals surface area contributed by atoms with Gasteiger partial charge in [-0.2, -0.15) is 0 Å². The first kappa shape index (κ1) is 15.2. The Morgan fingerprint density at radius 1 is 1.17 bits per heavy atom. The number of hydrogen-bond donors (Lipinski definition) is 2. The normalized spacial score (nSPS) is 48.6. The third-order valence-corrected chi connectivity index (χ3v) is 8.70. The molecule has 3 saturated carbocycles. The molecule has 0 saturated heterocycles. The van der Waals surface area contributed by atoms with E-state index >= 15 is 0 Å². The van der Waals surface area contributed by atoms with E-state index in [-0.39, 0.29) is 22.9 Å². The van der Waals surface area contributed by atoms with Crippen LogP contribution < -0.4 is 4.74 Å². The quantitative estimate of drug-likeness (QED) is 0.830. The van der Waals surface area contributed by atoms with Crippen LogP contribution in [-0.2, 0) is 6.42 Å². The number of aryl methyl sites for hydroxylation is 1. The van der Waals surface area contributed by atoms with Gasteiger partial charge >= 0.3 is 0 Å². The molecule has 5 rings (SSSR count). The lowest BCUT2D eigenvalue weighted by Gasteiger charge is -2.58. The molecule has 4 aliphatic rings. The number of ether oxygens (including phenoxy) is 1. The van der Waals surface area contributed by atoms with Crippen molar-refractivity contribution in [3.05, 3.63) is 29.3 Å². The second-order valence-corrected chi connectivity index (χ2v) is 9.03.